The molecule has 36 heavy (non-hydrogen) atoms. The molecule has 188 valence electrons. The van der Waals surface area contributed by atoms with Crippen molar-refractivity contribution in [2.45, 2.75) is 31.6 Å². The van der Waals surface area contributed by atoms with Gasteiger partial charge in [0, 0.05) is 6.20 Å². The van der Waals surface area contributed by atoms with Crippen LogP contribution in [0.3, 0.4) is 0 Å². The highest BCUT2D eigenvalue weighted by atomic mass is 19.4. The van der Waals surface area contributed by atoms with Gasteiger partial charge in [-0.25, -0.2) is 14.6 Å². The Labute approximate surface area is 204 Å². The zero-order valence-corrected chi connectivity index (χ0v) is 19.2. The van der Waals surface area contributed by atoms with E-state index in [4.69, 9.17) is 5.73 Å². The molecule has 11 heteroatoms. The number of hydrogen-bond donors (Lipinski definition) is 2. The number of urea groups is 1. The van der Waals surface area contributed by atoms with Crippen molar-refractivity contribution in [3.8, 4) is 0 Å². The number of β-lactam (4-membered cyclic amide) rings is 1. The topological polar surface area (TPSA) is 115 Å². The van der Waals surface area contributed by atoms with E-state index in [0.29, 0.717) is 5.56 Å². The second-order valence-corrected chi connectivity index (χ2v) is 8.51. The lowest BCUT2D eigenvalue weighted by Gasteiger charge is -2.45. The lowest BCUT2D eigenvalue weighted by molar-refractivity contribution is -0.203. The molecule has 0 aliphatic carbocycles. The Morgan fingerprint density at radius 2 is 1.89 bits per heavy atom. The number of carbonyl (C=O) groups excluding carboxylic acids is 3. The lowest BCUT2D eigenvalue weighted by Crippen LogP contribution is -2.67. The van der Waals surface area contributed by atoms with Gasteiger partial charge in [-0.1, -0.05) is 42.5 Å². The van der Waals surface area contributed by atoms with E-state index < -0.39 is 48.7 Å². The summed E-state index contributed by atoms with van der Waals surface area (Å²) in [5.74, 6) is -3.66. The molecular formula is C25H23F3N4O4. The van der Waals surface area contributed by atoms with Crippen molar-refractivity contribution in [1.82, 2.24) is 15.2 Å². The van der Waals surface area contributed by atoms with Gasteiger partial charge >= 0.3 is 18.2 Å². The number of benzene rings is 2. The number of fused-ring (bicyclic) bond motifs is 1. The Balaban J connectivity index is 1.52. The molecule has 8 nitrogen and oxygen atoms in total. The van der Waals surface area contributed by atoms with E-state index in [1.54, 1.807) is 13.0 Å². The molecule has 3 aromatic rings. The number of rotatable bonds is 6. The Morgan fingerprint density at radius 1 is 1.17 bits per heavy atom. The number of likely N-dealkylation sites (tertiary alicyclic amines) is 1. The first kappa shape index (κ1) is 25.0. The standard InChI is InChI=1S/C25H23F3N4O4/c1-14(17-8-4-6-16-5-2-3-7-18(16)17)31-24(35)32-20(13-36-23(34)25(26,27)28)19(22(32)33)11-15-9-10-30-21(29)12-15/h2-10,12,14,19-20H,11,13H2,1H3,(H2,29,30)(H,31,35)/t14-,19-,20-/m1/s1. The Kier molecular flexibility index (Phi) is 6.82. The van der Waals surface area contributed by atoms with E-state index in [1.807, 2.05) is 42.5 Å². The predicted octanol–water partition coefficient (Wildman–Crippen LogP) is 3.76. The molecule has 4 rings (SSSR count). The van der Waals surface area contributed by atoms with Crippen LogP contribution in [0.15, 0.2) is 60.8 Å². The average Bonchev–Trinajstić information content (AvgIpc) is 2.83. The quantitative estimate of drug-likeness (QED) is 0.394. The minimum absolute atomic E-state index is 0.0858. The van der Waals surface area contributed by atoms with E-state index >= 15 is 0 Å². The first-order chi connectivity index (χ1) is 17.1. The summed E-state index contributed by atoms with van der Waals surface area (Å²) in [5.41, 5.74) is 7.08. The maximum atomic E-state index is 13.1. The van der Waals surface area contributed by atoms with Gasteiger partial charge in [-0.05, 0) is 47.4 Å². The molecule has 1 aromatic heterocycles. The number of anilines is 1. The van der Waals surface area contributed by atoms with Crippen molar-refractivity contribution >= 4 is 34.5 Å². The van der Waals surface area contributed by atoms with Crippen LogP contribution in [0.4, 0.5) is 23.8 Å². The van der Waals surface area contributed by atoms with Gasteiger partial charge in [0.05, 0.1) is 18.0 Å². The molecule has 1 fully saturated rings. The number of amides is 3. The van der Waals surface area contributed by atoms with Crippen molar-refractivity contribution in [2.24, 2.45) is 5.92 Å². The minimum atomic E-state index is -5.20. The van der Waals surface area contributed by atoms with Crippen LogP contribution in [0.2, 0.25) is 0 Å². The fraction of sp³-hybridized carbons (Fsp3) is 0.280. The first-order valence-corrected chi connectivity index (χ1v) is 11.1. The van der Waals surface area contributed by atoms with Gasteiger partial charge in [-0.2, -0.15) is 13.2 Å². The summed E-state index contributed by atoms with van der Waals surface area (Å²) in [6, 6.07) is 13.9. The number of ether oxygens (including phenoxy) is 1. The van der Waals surface area contributed by atoms with Gasteiger partial charge in [-0.3, -0.25) is 9.69 Å². The molecule has 3 atom stereocenters. The van der Waals surface area contributed by atoms with Crippen molar-refractivity contribution in [1.29, 1.82) is 0 Å². The number of nitrogens with one attached hydrogen (secondary N) is 1. The van der Waals surface area contributed by atoms with Crippen LogP contribution in [0.5, 0.6) is 0 Å². The fourth-order valence-electron chi connectivity index (χ4n) is 4.35. The number of hydrogen-bond acceptors (Lipinski definition) is 6. The number of halogens is 3. The number of esters is 1. The number of nitrogens with zero attached hydrogens (tertiary/aromatic N) is 2. The van der Waals surface area contributed by atoms with Gasteiger partial charge in [0.2, 0.25) is 5.91 Å². The third kappa shape index (κ3) is 5.09. The smallest absolute Gasteiger partial charge is 0.457 e. The van der Waals surface area contributed by atoms with Crippen LogP contribution >= 0.6 is 0 Å². The largest absolute Gasteiger partial charge is 0.490 e. The summed E-state index contributed by atoms with van der Waals surface area (Å²) in [6.45, 7) is 0.950. The SMILES string of the molecule is C[C@@H](NC(=O)N1C(=O)[C@H](Cc2ccnc(N)c2)[C@H]1COC(=O)C(F)(F)F)c1cccc2ccccc12. The molecule has 1 aliphatic rings. The summed E-state index contributed by atoms with van der Waals surface area (Å²) in [6.07, 6.45) is -3.68. The number of carbonyl (C=O) groups is 3. The summed E-state index contributed by atoms with van der Waals surface area (Å²) in [5, 5.41) is 4.61. The van der Waals surface area contributed by atoms with Gasteiger partial charge in [-0.15, -0.1) is 0 Å². The zero-order valence-electron chi connectivity index (χ0n) is 19.2. The summed E-state index contributed by atoms with van der Waals surface area (Å²) >= 11 is 0. The summed E-state index contributed by atoms with van der Waals surface area (Å²) < 4.78 is 42.4. The first-order valence-electron chi connectivity index (χ1n) is 11.1. The molecule has 0 unspecified atom stereocenters. The average molecular weight is 500 g/mol. The summed E-state index contributed by atoms with van der Waals surface area (Å²) in [4.78, 5) is 42.0. The maximum Gasteiger partial charge on any atom is 0.490 e. The molecule has 3 N–H and O–H groups in total. The molecule has 0 spiro atoms. The fourth-order valence-corrected chi connectivity index (χ4v) is 4.35. The summed E-state index contributed by atoms with van der Waals surface area (Å²) in [7, 11) is 0. The van der Waals surface area contributed by atoms with Gasteiger partial charge in [0.1, 0.15) is 12.4 Å². The second kappa shape index (κ2) is 9.84. The van der Waals surface area contributed by atoms with Crippen LogP contribution in [0.25, 0.3) is 10.8 Å². The maximum absolute atomic E-state index is 13.1. The zero-order chi connectivity index (χ0) is 26.0. The van der Waals surface area contributed by atoms with Crippen LogP contribution < -0.4 is 11.1 Å². The monoisotopic (exact) mass is 500 g/mol. The third-order valence-corrected chi connectivity index (χ3v) is 6.12. The van der Waals surface area contributed by atoms with Crippen molar-refractivity contribution < 1.29 is 32.3 Å². The number of pyridine rings is 1. The van der Waals surface area contributed by atoms with Crippen molar-refractivity contribution in [3.05, 3.63) is 71.9 Å². The number of nitrogens with two attached hydrogens (primary N) is 1. The van der Waals surface area contributed by atoms with E-state index in [0.717, 1.165) is 21.2 Å². The molecule has 0 radical (unpaired) electrons. The Morgan fingerprint density at radius 3 is 2.61 bits per heavy atom. The van der Waals surface area contributed by atoms with Gasteiger partial charge < -0.3 is 15.8 Å². The van der Waals surface area contributed by atoms with E-state index in [2.05, 4.69) is 15.0 Å². The third-order valence-electron chi connectivity index (χ3n) is 6.12. The minimum Gasteiger partial charge on any atom is -0.457 e. The molecule has 3 amide bonds. The van der Waals surface area contributed by atoms with E-state index in [-0.39, 0.29) is 12.2 Å². The number of aromatic nitrogens is 1. The number of nitrogen functional groups attached to an aromatic ring is 1. The molecule has 0 saturated carbocycles. The molecule has 2 aromatic carbocycles. The molecular weight excluding hydrogens is 477 g/mol. The molecule has 2 heterocycles. The highest BCUT2D eigenvalue weighted by molar-refractivity contribution is 6.02. The second-order valence-electron chi connectivity index (χ2n) is 8.51. The highest BCUT2D eigenvalue weighted by Crippen LogP contribution is 2.32. The highest BCUT2D eigenvalue weighted by Gasteiger charge is 2.52. The van der Waals surface area contributed by atoms with Gasteiger partial charge in [0.15, 0.2) is 0 Å². The predicted molar refractivity (Wildman–Crippen MR) is 124 cm³/mol. The van der Waals surface area contributed by atoms with E-state index in [9.17, 15) is 27.6 Å². The van der Waals surface area contributed by atoms with Gasteiger partial charge in [0.25, 0.3) is 0 Å². The number of imide groups is 1. The van der Waals surface area contributed by atoms with Crippen LogP contribution in [-0.4, -0.2) is 46.6 Å². The normalized spacial score (nSPS) is 18.4. The molecule has 1 saturated heterocycles. The molecule has 0 bridgehead atoms. The molecule has 1 aliphatic heterocycles. The number of alkyl halides is 3. The van der Waals surface area contributed by atoms with Crippen molar-refractivity contribution in [3.63, 3.8) is 0 Å². The lowest BCUT2D eigenvalue weighted by atomic mass is 9.83. The van der Waals surface area contributed by atoms with Crippen LogP contribution in [-0.2, 0) is 20.7 Å². The van der Waals surface area contributed by atoms with Crippen molar-refractivity contribution in [2.75, 3.05) is 12.3 Å². The Bertz CT molecular complexity index is 1310. The Hall–Kier alpha value is -4.15. The van der Waals surface area contributed by atoms with Crippen LogP contribution in [0, 0.1) is 5.92 Å². The van der Waals surface area contributed by atoms with E-state index in [1.165, 1.54) is 12.3 Å². The van der Waals surface area contributed by atoms with Crippen LogP contribution in [0.1, 0.15) is 24.1 Å².